The number of carbonyl (C=O) groups is 1. The van der Waals surface area contributed by atoms with Gasteiger partial charge in [0.1, 0.15) is 0 Å². The van der Waals surface area contributed by atoms with Crippen LogP contribution in [0, 0.1) is 0 Å². The first kappa shape index (κ1) is 14.3. The number of nitrogens with one attached hydrogen (secondary N) is 1. The minimum atomic E-state index is 0.0214. The second-order valence-corrected chi connectivity index (χ2v) is 4.70. The van der Waals surface area contributed by atoms with Crippen LogP contribution in [-0.2, 0) is 31.2 Å². The van der Waals surface area contributed by atoms with Crippen molar-refractivity contribution in [2.75, 3.05) is 6.54 Å². The molecule has 5 heteroatoms. The summed E-state index contributed by atoms with van der Waals surface area (Å²) in [5.74, 6) is 0.0214. The quantitative estimate of drug-likeness (QED) is 0.816. The average molecular weight is 272 g/mol. The van der Waals surface area contributed by atoms with Crippen LogP contribution in [0.25, 0.3) is 0 Å². The summed E-state index contributed by atoms with van der Waals surface area (Å²) in [4.78, 5) is 11.9. The van der Waals surface area contributed by atoms with E-state index in [-0.39, 0.29) is 5.91 Å². The molecule has 0 aliphatic carbocycles. The maximum absolute atomic E-state index is 11.9. The first-order valence-corrected chi connectivity index (χ1v) is 6.71. The Morgan fingerprint density at radius 2 is 2.05 bits per heavy atom. The van der Waals surface area contributed by atoms with Gasteiger partial charge in [-0.1, -0.05) is 24.3 Å². The van der Waals surface area contributed by atoms with E-state index in [1.165, 1.54) is 0 Å². The summed E-state index contributed by atoms with van der Waals surface area (Å²) in [5, 5.41) is 7.02. The standard InChI is InChI=1S/C15H20N4O/c1-19-14(7-9-18-19)6-8-17-15(20)10-12-4-2-3-5-13(12)11-16/h2-5,7,9H,6,8,10-11,16H2,1H3,(H,17,20). The zero-order valence-corrected chi connectivity index (χ0v) is 11.7. The molecule has 1 aromatic heterocycles. The maximum atomic E-state index is 11.9. The van der Waals surface area contributed by atoms with Crippen LogP contribution >= 0.6 is 0 Å². The van der Waals surface area contributed by atoms with E-state index in [0.717, 1.165) is 23.2 Å². The second-order valence-electron chi connectivity index (χ2n) is 4.70. The molecule has 0 aliphatic heterocycles. The molecule has 20 heavy (non-hydrogen) atoms. The van der Waals surface area contributed by atoms with Crippen molar-refractivity contribution in [1.29, 1.82) is 0 Å². The van der Waals surface area contributed by atoms with Crippen LogP contribution in [0.5, 0.6) is 0 Å². The summed E-state index contributed by atoms with van der Waals surface area (Å²) in [7, 11) is 1.90. The van der Waals surface area contributed by atoms with Gasteiger partial charge in [-0.15, -0.1) is 0 Å². The van der Waals surface area contributed by atoms with Crippen LogP contribution in [0.15, 0.2) is 36.5 Å². The molecular weight excluding hydrogens is 252 g/mol. The molecule has 2 aromatic rings. The van der Waals surface area contributed by atoms with Crippen LogP contribution in [0.2, 0.25) is 0 Å². The number of nitrogens with zero attached hydrogens (tertiary/aromatic N) is 2. The number of hydrogen-bond donors (Lipinski definition) is 2. The lowest BCUT2D eigenvalue weighted by atomic mass is 10.0. The second kappa shape index (κ2) is 6.86. The molecule has 0 bridgehead atoms. The molecule has 1 heterocycles. The molecule has 1 aromatic carbocycles. The Balaban J connectivity index is 1.82. The van der Waals surface area contributed by atoms with Gasteiger partial charge in [-0.3, -0.25) is 9.48 Å². The number of hydrogen-bond acceptors (Lipinski definition) is 3. The molecule has 0 aliphatic rings. The topological polar surface area (TPSA) is 72.9 Å². The molecule has 0 fully saturated rings. The van der Waals surface area contributed by atoms with Crippen LogP contribution in [0.1, 0.15) is 16.8 Å². The van der Waals surface area contributed by atoms with Gasteiger partial charge in [-0.25, -0.2) is 0 Å². The van der Waals surface area contributed by atoms with E-state index >= 15 is 0 Å². The lowest BCUT2D eigenvalue weighted by molar-refractivity contribution is -0.120. The third-order valence-electron chi connectivity index (χ3n) is 3.32. The van der Waals surface area contributed by atoms with Gasteiger partial charge in [-0.2, -0.15) is 5.10 Å². The maximum Gasteiger partial charge on any atom is 0.224 e. The normalized spacial score (nSPS) is 10.5. The summed E-state index contributed by atoms with van der Waals surface area (Å²) in [6, 6.07) is 9.72. The monoisotopic (exact) mass is 272 g/mol. The van der Waals surface area contributed by atoms with E-state index in [0.29, 0.717) is 19.5 Å². The molecular formula is C15H20N4O. The minimum absolute atomic E-state index is 0.0214. The fraction of sp³-hybridized carbons (Fsp3) is 0.333. The Morgan fingerprint density at radius 1 is 1.30 bits per heavy atom. The van der Waals surface area contributed by atoms with Crippen LogP contribution in [-0.4, -0.2) is 22.2 Å². The van der Waals surface area contributed by atoms with Crippen LogP contribution < -0.4 is 11.1 Å². The zero-order valence-electron chi connectivity index (χ0n) is 11.7. The molecule has 0 atom stereocenters. The molecule has 0 saturated heterocycles. The van der Waals surface area contributed by atoms with Crippen LogP contribution in [0.3, 0.4) is 0 Å². The Labute approximate surface area is 118 Å². The predicted octanol–water partition coefficient (Wildman–Crippen LogP) is 0.780. The van der Waals surface area contributed by atoms with Gasteiger partial charge in [-0.05, 0) is 17.2 Å². The van der Waals surface area contributed by atoms with Crippen molar-refractivity contribution < 1.29 is 4.79 Å². The van der Waals surface area contributed by atoms with Crippen molar-refractivity contribution in [2.24, 2.45) is 12.8 Å². The van der Waals surface area contributed by atoms with Gasteiger partial charge in [0.15, 0.2) is 0 Å². The number of nitrogens with two attached hydrogens (primary N) is 1. The number of carbonyl (C=O) groups excluding carboxylic acids is 1. The Hall–Kier alpha value is -2.14. The highest BCUT2D eigenvalue weighted by Gasteiger charge is 2.07. The highest BCUT2D eigenvalue weighted by Crippen LogP contribution is 2.08. The first-order chi connectivity index (χ1) is 9.70. The van der Waals surface area contributed by atoms with Crippen molar-refractivity contribution in [3.63, 3.8) is 0 Å². The first-order valence-electron chi connectivity index (χ1n) is 6.71. The third kappa shape index (κ3) is 3.68. The van der Waals surface area contributed by atoms with E-state index < -0.39 is 0 Å². The van der Waals surface area contributed by atoms with E-state index in [9.17, 15) is 4.79 Å². The van der Waals surface area contributed by atoms with E-state index in [4.69, 9.17) is 5.73 Å². The van der Waals surface area contributed by atoms with Crippen molar-refractivity contribution in [3.8, 4) is 0 Å². The third-order valence-corrected chi connectivity index (χ3v) is 3.32. The van der Waals surface area contributed by atoms with Crippen molar-refractivity contribution in [1.82, 2.24) is 15.1 Å². The van der Waals surface area contributed by atoms with E-state index in [1.807, 2.05) is 42.1 Å². The average Bonchev–Trinajstić information content (AvgIpc) is 2.85. The molecule has 0 unspecified atom stereocenters. The highest BCUT2D eigenvalue weighted by atomic mass is 16.1. The van der Waals surface area contributed by atoms with Gasteiger partial charge in [0.2, 0.25) is 5.91 Å². The van der Waals surface area contributed by atoms with Gasteiger partial charge in [0.25, 0.3) is 0 Å². The lowest BCUT2D eigenvalue weighted by Gasteiger charge is -2.08. The molecule has 0 saturated carbocycles. The number of amides is 1. The molecule has 2 rings (SSSR count). The molecule has 106 valence electrons. The molecule has 5 nitrogen and oxygen atoms in total. The fourth-order valence-electron chi connectivity index (χ4n) is 2.14. The molecule has 0 radical (unpaired) electrons. The fourth-order valence-corrected chi connectivity index (χ4v) is 2.14. The SMILES string of the molecule is Cn1nccc1CCNC(=O)Cc1ccccc1CN. The highest BCUT2D eigenvalue weighted by molar-refractivity contribution is 5.78. The Morgan fingerprint density at radius 3 is 2.70 bits per heavy atom. The molecule has 0 spiro atoms. The summed E-state index contributed by atoms with van der Waals surface area (Å²) >= 11 is 0. The van der Waals surface area contributed by atoms with Crippen LogP contribution in [0.4, 0.5) is 0 Å². The van der Waals surface area contributed by atoms with E-state index in [2.05, 4.69) is 10.4 Å². The smallest absolute Gasteiger partial charge is 0.224 e. The largest absolute Gasteiger partial charge is 0.355 e. The van der Waals surface area contributed by atoms with Gasteiger partial charge in [0.05, 0.1) is 6.42 Å². The van der Waals surface area contributed by atoms with Gasteiger partial charge >= 0.3 is 0 Å². The minimum Gasteiger partial charge on any atom is -0.355 e. The van der Waals surface area contributed by atoms with Crippen molar-refractivity contribution >= 4 is 5.91 Å². The number of aryl methyl sites for hydroxylation is 1. The number of aromatic nitrogens is 2. The van der Waals surface area contributed by atoms with Crippen molar-refractivity contribution in [2.45, 2.75) is 19.4 Å². The Bertz CT molecular complexity index is 577. The summed E-state index contributed by atoms with van der Waals surface area (Å²) in [6.07, 6.45) is 2.91. The number of benzene rings is 1. The molecule has 3 N–H and O–H groups in total. The predicted molar refractivity (Wildman–Crippen MR) is 78.0 cm³/mol. The zero-order chi connectivity index (χ0) is 14.4. The summed E-state index contributed by atoms with van der Waals surface area (Å²) in [6.45, 7) is 1.07. The van der Waals surface area contributed by atoms with Crippen molar-refractivity contribution in [3.05, 3.63) is 53.3 Å². The van der Waals surface area contributed by atoms with E-state index in [1.54, 1.807) is 6.20 Å². The Kier molecular flexibility index (Phi) is 4.90. The number of rotatable bonds is 6. The molecule has 1 amide bonds. The summed E-state index contributed by atoms with van der Waals surface area (Å²) < 4.78 is 1.82. The summed E-state index contributed by atoms with van der Waals surface area (Å²) in [5.41, 5.74) is 8.79. The van der Waals surface area contributed by atoms with Gasteiger partial charge in [0, 0.05) is 38.4 Å². The van der Waals surface area contributed by atoms with Gasteiger partial charge < -0.3 is 11.1 Å². The lowest BCUT2D eigenvalue weighted by Crippen LogP contribution is -2.28.